The number of rotatable bonds is 9. The zero-order valence-corrected chi connectivity index (χ0v) is 21.0. The molecule has 192 valence electrons. The Morgan fingerprint density at radius 3 is 2.59 bits per heavy atom. The smallest absolute Gasteiger partial charge is 0.273 e. The molecule has 0 spiro atoms. The number of hydrogen-bond acceptors (Lipinski definition) is 6. The van der Waals surface area contributed by atoms with Crippen LogP contribution in [0, 0.1) is 39.3 Å². The molecule has 0 aliphatic heterocycles. The van der Waals surface area contributed by atoms with Crippen molar-refractivity contribution >= 4 is 22.7 Å². The molecule has 0 saturated heterocycles. The number of nitrogens with zero attached hydrogens (tertiary/aromatic N) is 4. The molecule has 37 heavy (non-hydrogen) atoms. The fraction of sp³-hybridized carbons (Fsp3) is 0.407. The second kappa shape index (κ2) is 10.5. The lowest BCUT2D eigenvalue weighted by molar-refractivity contribution is -0.125. The average Bonchev–Trinajstić information content (AvgIpc) is 3.50. The van der Waals surface area contributed by atoms with E-state index in [-0.39, 0.29) is 42.0 Å². The third-order valence-electron chi connectivity index (χ3n) is 6.67. The normalized spacial score (nSPS) is 17.6. The van der Waals surface area contributed by atoms with Crippen LogP contribution in [0.3, 0.4) is 0 Å². The van der Waals surface area contributed by atoms with Gasteiger partial charge in [-0.2, -0.15) is 15.3 Å². The van der Waals surface area contributed by atoms with E-state index in [0.717, 1.165) is 12.0 Å². The molecule has 2 amide bonds. The first-order valence-electron chi connectivity index (χ1n) is 12.1. The summed E-state index contributed by atoms with van der Waals surface area (Å²) in [5.74, 6) is -1.03. The molecule has 1 heterocycles. The summed E-state index contributed by atoms with van der Waals surface area (Å²) in [5, 5.41) is 22.4. The Bertz CT molecular complexity index is 1370. The first kappa shape index (κ1) is 25.9. The van der Waals surface area contributed by atoms with Gasteiger partial charge in [0.25, 0.3) is 5.91 Å². The third-order valence-corrected chi connectivity index (χ3v) is 6.67. The fourth-order valence-electron chi connectivity index (χ4n) is 4.42. The number of carbonyl (C=O) groups excluding carboxylic acids is 2. The molecule has 9 nitrogen and oxygen atoms in total. The van der Waals surface area contributed by atoms with E-state index < -0.39 is 23.2 Å². The first-order valence-corrected chi connectivity index (χ1v) is 12.1. The minimum Gasteiger partial charge on any atom is -0.354 e. The van der Waals surface area contributed by atoms with Crippen LogP contribution in [0.4, 0.5) is 4.39 Å². The maximum atomic E-state index is 14.9. The molecule has 10 heteroatoms. The van der Waals surface area contributed by atoms with Crippen molar-refractivity contribution in [2.45, 2.75) is 39.8 Å². The molecular weight excluding hydrogens is 475 g/mol. The van der Waals surface area contributed by atoms with Crippen LogP contribution in [0.2, 0.25) is 0 Å². The number of nitroso groups, excluding NO2 is 1. The summed E-state index contributed by atoms with van der Waals surface area (Å²) in [4.78, 5) is 36.9. The van der Waals surface area contributed by atoms with Gasteiger partial charge in [0, 0.05) is 11.9 Å². The van der Waals surface area contributed by atoms with Crippen LogP contribution in [0.5, 0.6) is 0 Å². The molecular formula is C27H29FN6O3. The molecule has 1 aliphatic rings. The molecule has 2 aromatic carbocycles. The van der Waals surface area contributed by atoms with Gasteiger partial charge in [0.15, 0.2) is 5.69 Å². The number of nitriles is 1. The van der Waals surface area contributed by atoms with Gasteiger partial charge in [0.1, 0.15) is 17.4 Å². The van der Waals surface area contributed by atoms with Crippen LogP contribution < -0.4 is 10.6 Å². The molecule has 2 N–H and O–H groups in total. The molecule has 0 radical (unpaired) electrons. The second-order valence-electron chi connectivity index (χ2n) is 10.5. The Morgan fingerprint density at radius 2 is 1.95 bits per heavy atom. The van der Waals surface area contributed by atoms with Crippen LogP contribution in [-0.4, -0.2) is 40.7 Å². The van der Waals surface area contributed by atoms with E-state index in [0.29, 0.717) is 17.5 Å². The number of hydrogen-bond donors (Lipinski definition) is 2. The molecule has 2 unspecified atom stereocenters. The number of halogens is 1. The minimum atomic E-state index is -0.867. The topological polar surface area (TPSA) is 129 Å². The van der Waals surface area contributed by atoms with Gasteiger partial charge >= 0.3 is 0 Å². The number of carbonyl (C=O) groups is 2. The molecule has 3 atom stereocenters. The zero-order valence-electron chi connectivity index (χ0n) is 21.0. The van der Waals surface area contributed by atoms with Crippen molar-refractivity contribution in [1.29, 1.82) is 5.26 Å². The molecule has 0 bridgehead atoms. The van der Waals surface area contributed by atoms with Gasteiger partial charge in [-0.05, 0) is 47.4 Å². The van der Waals surface area contributed by atoms with Gasteiger partial charge < -0.3 is 10.6 Å². The van der Waals surface area contributed by atoms with Gasteiger partial charge in [-0.25, -0.2) is 4.39 Å². The van der Waals surface area contributed by atoms with E-state index in [2.05, 4.69) is 27.0 Å². The standard InChI is InChI=1S/C27H29FN6O3/c1-27(2,3)24(26(36)30-13-18-11-19(18)14-31-37)32-25(35)22-20-5-4-6-21(28)23(20)34(33-22)15-17-9-7-16(12-29)8-10-17/h4-10,18-19,24H,11,13-15H2,1-3H3,(H,30,36)(H,32,35)/t18-,19?,24?/m1/s1. The van der Waals surface area contributed by atoms with E-state index in [9.17, 15) is 18.9 Å². The number of aromatic nitrogens is 2. The van der Waals surface area contributed by atoms with Crippen molar-refractivity contribution in [3.8, 4) is 6.07 Å². The first-order chi connectivity index (χ1) is 17.6. The Morgan fingerprint density at radius 1 is 1.22 bits per heavy atom. The van der Waals surface area contributed by atoms with Gasteiger partial charge in [-0.15, -0.1) is 0 Å². The summed E-state index contributed by atoms with van der Waals surface area (Å²) in [6.45, 7) is 6.38. The van der Waals surface area contributed by atoms with Crippen LogP contribution in [0.15, 0.2) is 47.6 Å². The van der Waals surface area contributed by atoms with E-state index in [1.165, 1.54) is 16.8 Å². The highest BCUT2D eigenvalue weighted by Gasteiger charge is 2.39. The van der Waals surface area contributed by atoms with Crippen molar-refractivity contribution in [2.24, 2.45) is 22.4 Å². The predicted molar refractivity (Wildman–Crippen MR) is 136 cm³/mol. The quantitative estimate of drug-likeness (QED) is 0.429. The summed E-state index contributed by atoms with van der Waals surface area (Å²) in [5.41, 5.74) is 0.874. The van der Waals surface area contributed by atoms with Gasteiger partial charge in [-0.1, -0.05) is 50.2 Å². The lowest BCUT2D eigenvalue weighted by atomic mass is 9.86. The van der Waals surface area contributed by atoms with Gasteiger partial charge in [-0.3, -0.25) is 14.3 Å². The third kappa shape index (κ3) is 5.82. The Hall–Kier alpha value is -4.13. The summed E-state index contributed by atoms with van der Waals surface area (Å²) < 4.78 is 16.3. The maximum Gasteiger partial charge on any atom is 0.273 e. The molecule has 3 aromatic rings. The number of nitrogens with one attached hydrogen (secondary N) is 2. The molecule has 1 saturated carbocycles. The number of amides is 2. The van der Waals surface area contributed by atoms with Gasteiger partial charge in [0.2, 0.25) is 5.91 Å². The summed E-state index contributed by atoms with van der Waals surface area (Å²) in [6.07, 6.45) is 0.840. The predicted octanol–water partition coefficient (Wildman–Crippen LogP) is 3.76. The van der Waals surface area contributed by atoms with Crippen molar-refractivity contribution < 1.29 is 14.0 Å². The monoisotopic (exact) mass is 504 g/mol. The molecule has 1 aromatic heterocycles. The Balaban J connectivity index is 1.56. The number of fused-ring (bicyclic) bond motifs is 1. The summed E-state index contributed by atoms with van der Waals surface area (Å²) in [7, 11) is 0. The lowest BCUT2D eigenvalue weighted by Gasteiger charge is -2.30. The van der Waals surface area contributed by atoms with E-state index in [1.807, 2.05) is 20.8 Å². The molecule has 4 rings (SSSR count). The minimum absolute atomic E-state index is 0.0181. The van der Waals surface area contributed by atoms with Gasteiger partial charge in [0.05, 0.1) is 24.7 Å². The maximum absolute atomic E-state index is 14.9. The SMILES string of the molecule is CC(C)(C)C(NC(=O)c1nn(Cc2ccc(C#N)cc2)c2c(F)cccc12)C(=O)NC[C@H]1CC1CN=O. The lowest BCUT2D eigenvalue weighted by Crippen LogP contribution is -2.54. The largest absolute Gasteiger partial charge is 0.354 e. The van der Waals surface area contributed by atoms with Crippen molar-refractivity contribution in [1.82, 2.24) is 20.4 Å². The zero-order chi connectivity index (χ0) is 26.7. The highest BCUT2D eigenvalue weighted by Crippen LogP contribution is 2.38. The van der Waals surface area contributed by atoms with Crippen LogP contribution in [0.25, 0.3) is 10.9 Å². The highest BCUT2D eigenvalue weighted by atomic mass is 19.1. The highest BCUT2D eigenvalue weighted by molar-refractivity contribution is 6.06. The van der Waals surface area contributed by atoms with Crippen molar-refractivity contribution in [3.63, 3.8) is 0 Å². The van der Waals surface area contributed by atoms with E-state index in [4.69, 9.17) is 5.26 Å². The Labute approximate surface area is 214 Å². The molecule has 1 aliphatic carbocycles. The Kier molecular flexibility index (Phi) is 7.34. The summed E-state index contributed by atoms with van der Waals surface area (Å²) >= 11 is 0. The summed E-state index contributed by atoms with van der Waals surface area (Å²) in [6, 6.07) is 12.5. The van der Waals surface area contributed by atoms with Crippen LogP contribution >= 0.6 is 0 Å². The van der Waals surface area contributed by atoms with Crippen molar-refractivity contribution in [3.05, 3.63) is 70.0 Å². The van der Waals surface area contributed by atoms with Crippen molar-refractivity contribution in [2.75, 3.05) is 13.1 Å². The number of benzene rings is 2. The van der Waals surface area contributed by atoms with E-state index in [1.54, 1.807) is 30.3 Å². The second-order valence-corrected chi connectivity index (χ2v) is 10.5. The van der Waals surface area contributed by atoms with Crippen LogP contribution in [0.1, 0.15) is 48.8 Å². The number of para-hydroxylation sites is 1. The van der Waals surface area contributed by atoms with Crippen LogP contribution in [-0.2, 0) is 11.3 Å². The molecule has 1 fully saturated rings. The van der Waals surface area contributed by atoms with E-state index >= 15 is 0 Å². The fourth-order valence-corrected chi connectivity index (χ4v) is 4.42. The average molecular weight is 505 g/mol.